The summed E-state index contributed by atoms with van der Waals surface area (Å²) in [4.78, 5) is 0. The van der Waals surface area contributed by atoms with E-state index in [1.165, 1.54) is 12.8 Å². The lowest BCUT2D eigenvalue weighted by atomic mass is 9.77. The molecule has 0 amide bonds. The van der Waals surface area contributed by atoms with Crippen molar-refractivity contribution in [3.8, 4) is 11.5 Å². The third kappa shape index (κ3) is 4.61. The summed E-state index contributed by atoms with van der Waals surface area (Å²) in [5.74, 6) is 2.45. The number of ether oxygens (including phenoxy) is 2. The lowest BCUT2D eigenvalue weighted by Crippen LogP contribution is -2.51. The second-order valence-electron chi connectivity index (χ2n) is 6.07. The predicted molar refractivity (Wildman–Crippen MR) is 83.9 cm³/mol. The largest absolute Gasteiger partial charge is 0.497 e. The van der Waals surface area contributed by atoms with Gasteiger partial charge in [0.2, 0.25) is 0 Å². The lowest BCUT2D eigenvalue weighted by Gasteiger charge is -2.39. The molecule has 0 atom stereocenters. The molecule has 4 nitrogen and oxygen atoms in total. The van der Waals surface area contributed by atoms with E-state index in [9.17, 15) is 5.11 Å². The average Bonchev–Trinajstić information content (AvgIpc) is 2.54. The van der Waals surface area contributed by atoms with Gasteiger partial charge in [-0.05, 0) is 55.9 Å². The summed E-state index contributed by atoms with van der Waals surface area (Å²) in [7, 11) is 1.65. The zero-order chi connectivity index (χ0) is 15.1. The fourth-order valence-electron chi connectivity index (χ4n) is 2.86. The Morgan fingerprint density at radius 2 is 1.81 bits per heavy atom. The molecule has 1 aromatic rings. The zero-order valence-corrected chi connectivity index (χ0v) is 13.1. The van der Waals surface area contributed by atoms with E-state index in [0.29, 0.717) is 6.61 Å². The minimum atomic E-state index is -0.101. The highest BCUT2D eigenvalue weighted by atomic mass is 16.5. The van der Waals surface area contributed by atoms with Crippen molar-refractivity contribution >= 4 is 0 Å². The molecule has 1 aliphatic carbocycles. The molecule has 21 heavy (non-hydrogen) atoms. The zero-order valence-electron chi connectivity index (χ0n) is 13.1. The van der Waals surface area contributed by atoms with Crippen molar-refractivity contribution < 1.29 is 14.6 Å². The van der Waals surface area contributed by atoms with Crippen molar-refractivity contribution in [3.63, 3.8) is 0 Å². The van der Waals surface area contributed by atoms with Crippen LogP contribution in [-0.2, 0) is 0 Å². The second-order valence-corrected chi connectivity index (χ2v) is 6.07. The van der Waals surface area contributed by atoms with Gasteiger partial charge in [-0.15, -0.1) is 0 Å². The standard InChI is InChI=1S/C17H27NO3/c1-14-7-9-17(13-19,10-8-14)18-11-12-21-16-5-3-15(20-2)4-6-16/h3-6,14,18-19H,7-13H2,1-2H3. The van der Waals surface area contributed by atoms with Crippen LogP contribution in [0, 0.1) is 5.92 Å². The summed E-state index contributed by atoms with van der Waals surface area (Å²) in [5, 5.41) is 13.2. The van der Waals surface area contributed by atoms with Crippen molar-refractivity contribution in [1.82, 2.24) is 5.32 Å². The van der Waals surface area contributed by atoms with Gasteiger partial charge in [-0.1, -0.05) is 6.92 Å². The molecule has 1 fully saturated rings. The molecular weight excluding hydrogens is 266 g/mol. The molecule has 0 bridgehead atoms. The van der Waals surface area contributed by atoms with Crippen LogP contribution in [0.2, 0.25) is 0 Å². The van der Waals surface area contributed by atoms with Crippen LogP contribution in [0.15, 0.2) is 24.3 Å². The Morgan fingerprint density at radius 1 is 1.19 bits per heavy atom. The highest BCUT2D eigenvalue weighted by molar-refractivity contribution is 5.31. The molecule has 0 heterocycles. The molecule has 0 spiro atoms. The SMILES string of the molecule is COc1ccc(OCCNC2(CO)CCC(C)CC2)cc1. The van der Waals surface area contributed by atoms with Crippen LogP contribution in [0.3, 0.4) is 0 Å². The van der Waals surface area contributed by atoms with Crippen molar-refractivity contribution in [3.05, 3.63) is 24.3 Å². The van der Waals surface area contributed by atoms with Crippen molar-refractivity contribution in [1.29, 1.82) is 0 Å². The molecule has 0 radical (unpaired) electrons. The smallest absolute Gasteiger partial charge is 0.119 e. The van der Waals surface area contributed by atoms with Gasteiger partial charge in [0.05, 0.1) is 13.7 Å². The van der Waals surface area contributed by atoms with E-state index in [2.05, 4.69) is 12.2 Å². The van der Waals surface area contributed by atoms with Crippen LogP contribution in [0.4, 0.5) is 0 Å². The van der Waals surface area contributed by atoms with E-state index < -0.39 is 0 Å². The van der Waals surface area contributed by atoms with E-state index in [4.69, 9.17) is 9.47 Å². The second kappa shape index (κ2) is 7.66. The number of aliphatic hydroxyl groups is 1. The monoisotopic (exact) mass is 293 g/mol. The van der Waals surface area contributed by atoms with Crippen LogP contribution >= 0.6 is 0 Å². The number of aliphatic hydroxyl groups excluding tert-OH is 1. The minimum Gasteiger partial charge on any atom is -0.497 e. The number of benzene rings is 1. The summed E-state index contributed by atoms with van der Waals surface area (Å²) in [6, 6.07) is 7.59. The van der Waals surface area contributed by atoms with Gasteiger partial charge in [-0.3, -0.25) is 0 Å². The molecule has 0 saturated heterocycles. The van der Waals surface area contributed by atoms with Crippen LogP contribution in [0.5, 0.6) is 11.5 Å². The highest BCUT2D eigenvalue weighted by Gasteiger charge is 2.32. The lowest BCUT2D eigenvalue weighted by molar-refractivity contribution is 0.101. The molecule has 2 N–H and O–H groups in total. The van der Waals surface area contributed by atoms with Gasteiger partial charge < -0.3 is 19.9 Å². The first-order valence-corrected chi connectivity index (χ1v) is 7.80. The van der Waals surface area contributed by atoms with E-state index in [1.54, 1.807) is 7.11 Å². The molecule has 0 unspecified atom stereocenters. The average molecular weight is 293 g/mol. The molecule has 0 aliphatic heterocycles. The molecule has 118 valence electrons. The maximum Gasteiger partial charge on any atom is 0.119 e. The van der Waals surface area contributed by atoms with Crippen LogP contribution < -0.4 is 14.8 Å². The fraction of sp³-hybridized carbons (Fsp3) is 0.647. The maximum atomic E-state index is 9.68. The Balaban J connectivity index is 1.72. The Morgan fingerprint density at radius 3 is 2.38 bits per heavy atom. The summed E-state index contributed by atoms with van der Waals surface area (Å²) in [5.41, 5.74) is -0.101. The third-order valence-electron chi connectivity index (χ3n) is 4.46. The maximum absolute atomic E-state index is 9.68. The third-order valence-corrected chi connectivity index (χ3v) is 4.46. The first-order chi connectivity index (χ1) is 10.2. The van der Waals surface area contributed by atoms with E-state index in [1.807, 2.05) is 24.3 Å². The predicted octanol–water partition coefficient (Wildman–Crippen LogP) is 2.60. The van der Waals surface area contributed by atoms with Gasteiger partial charge in [0, 0.05) is 12.1 Å². The summed E-state index contributed by atoms with van der Waals surface area (Å²) in [6.45, 7) is 3.85. The first kappa shape index (κ1) is 16.1. The summed E-state index contributed by atoms with van der Waals surface area (Å²) < 4.78 is 10.8. The quantitative estimate of drug-likeness (QED) is 0.759. The Kier molecular flexibility index (Phi) is 5.88. The van der Waals surface area contributed by atoms with E-state index in [-0.39, 0.29) is 12.1 Å². The molecule has 1 aromatic carbocycles. The van der Waals surface area contributed by atoms with Gasteiger partial charge in [0.25, 0.3) is 0 Å². The van der Waals surface area contributed by atoms with Crippen LogP contribution in [0.1, 0.15) is 32.6 Å². The van der Waals surface area contributed by atoms with Gasteiger partial charge in [0.15, 0.2) is 0 Å². The van der Waals surface area contributed by atoms with Crippen molar-refractivity contribution in [2.24, 2.45) is 5.92 Å². The van der Waals surface area contributed by atoms with Crippen molar-refractivity contribution in [2.75, 3.05) is 26.9 Å². The number of hydrogen-bond donors (Lipinski definition) is 2. The number of rotatable bonds is 7. The van der Waals surface area contributed by atoms with Crippen LogP contribution in [0.25, 0.3) is 0 Å². The molecule has 1 aliphatic rings. The number of hydrogen-bond acceptors (Lipinski definition) is 4. The molecule has 2 rings (SSSR count). The molecule has 0 aromatic heterocycles. The van der Waals surface area contributed by atoms with Gasteiger partial charge in [-0.25, -0.2) is 0 Å². The summed E-state index contributed by atoms with van der Waals surface area (Å²) >= 11 is 0. The van der Waals surface area contributed by atoms with Gasteiger partial charge in [-0.2, -0.15) is 0 Å². The van der Waals surface area contributed by atoms with Gasteiger partial charge >= 0.3 is 0 Å². The normalized spacial score (nSPS) is 25.6. The van der Waals surface area contributed by atoms with Crippen LogP contribution in [-0.4, -0.2) is 37.5 Å². The summed E-state index contributed by atoms with van der Waals surface area (Å²) in [6.07, 6.45) is 4.47. The first-order valence-electron chi connectivity index (χ1n) is 7.80. The number of methoxy groups -OCH3 is 1. The minimum absolute atomic E-state index is 0.101. The topological polar surface area (TPSA) is 50.7 Å². The van der Waals surface area contributed by atoms with Crippen molar-refractivity contribution in [2.45, 2.75) is 38.1 Å². The molecular formula is C17H27NO3. The molecule has 4 heteroatoms. The Hall–Kier alpha value is -1.26. The van der Waals surface area contributed by atoms with E-state index >= 15 is 0 Å². The Bertz CT molecular complexity index is 411. The highest BCUT2D eigenvalue weighted by Crippen LogP contribution is 2.31. The number of nitrogens with one attached hydrogen (secondary N) is 1. The van der Waals surface area contributed by atoms with Gasteiger partial charge in [0.1, 0.15) is 18.1 Å². The fourth-order valence-corrected chi connectivity index (χ4v) is 2.86. The Labute approximate surface area is 127 Å². The van der Waals surface area contributed by atoms with E-state index in [0.717, 1.165) is 36.8 Å². The molecule has 1 saturated carbocycles.